The van der Waals surface area contributed by atoms with Crippen molar-refractivity contribution in [2.45, 2.75) is 250 Å². The summed E-state index contributed by atoms with van der Waals surface area (Å²) in [7, 11) is -1.96. The highest BCUT2D eigenvalue weighted by atomic mass is 32.3. The van der Waals surface area contributed by atoms with Crippen LogP contribution in [0.15, 0.2) is 69.6 Å². The average Bonchev–Trinajstić information content (AvgIpc) is 1.56. The van der Waals surface area contributed by atoms with Gasteiger partial charge in [0.25, 0.3) is 23.6 Å². The molecule has 4 saturated carbocycles. The first-order valence-electron chi connectivity index (χ1n) is 35.9. The minimum Gasteiger partial charge on any atom is -0.384 e. The second-order valence-corrected chi connectivity index (χ2v) is 39.5. The fourth-order valence-corrected chi connectivity index (χ4v) is 16.7. The summed E-state index contributed by atoms with van der Waals surface area (Å²) in [5.41, 5.74) is 16.2. The Morgan fingerprint density at radius 3 is 1.33 bits per heavy atom. The van der Waals surface area contributed by atoms with Gasteiger partial charge in [0.15, 0.2) is 0 Å². The number of nitrogens with one attached hydrogen (secondary N) is 4. The molecule has 0 radical (unpaired) electrons. The number of rotatable bonds is 23. The van der Waals surface area contributed by atoms with Crippen molar-refractivity contribution >= 4 is 78.9 Å². The molecule has 2 aromatic carbocycles. The van der Waals surface area contributed by atoms with E-state index in [0.717, 1.165) is 86.8 Å². The molecule has 0 spiro atoms. The van der Waals surface area contributed by atoms with Gasteiger partial charge < -0.3 is 52.7 Å². The van der Waals surface area contributed by atoms with Crippen molar-refractivity contribution in [2.75, 3.05) is 50.6 Å². The molecule has 6 fully saturated rings. The van der Waals surface area contributed by atoms with Crippen molar-refractivity contribution in [3.8, 4) is 12.3 Å². The van der Waals surface area contributed by atoms with Crippen molar-refractivity contribution in [3.05, 3.63) is 82.0 Å². The third-order valence-electron chi connectivity index (χ3n) is 20.7. The second-order valence-electron chi connectivity index (χ2n) is 31.2. The number of primary amides is 2. The Hall–Kier alpha value is -7.83. The summed E-state index contributed by atoms with van der Waals surface area (Å²) >= 11 is 0. The number of nitrogens with zero attached hydrogens (tertiary/aromatic N) is 8. The number of aliphatic hydroxyl groups is 2. The van der Waals surface area contributed by atoms with Gasteiger partial charge in [-0.3, -0.25) is 47.9 Å². The number of amides is 8. The summed E-state index contributed by atoms with van der Waals surface area (Å²) in [5.74, 6) is -4.01. The van der Waals surface area contributed by atoms with Gasteiger partial charge in [0, 0.05) is 35.5 Å². The maximum absolute atomic E-state index is 14.8. The highest BCUT2D eigenvalue weighted by Crippen LogP contribution is 2.46. The Bertz CT molecular complexity index is 3570. The molecule has 6 atom stereocenters. The van der Waals surface area contributed by atoms with Crippen molar-refractivity contribution < 1.29 is 58.2 Å². The lowest BCUT2D eigenvalue weighted by Gasteiger charge is -2.38. The van der Waals surface area contributed by atoms with E-state index >= 15 is 0 Å². The SMILES string of the molecule is C#CC(C)(C)O.CC(C)(O)c1cn([C@H]2C[C@@H](C(=O)NC3(C(=O)C(N)=O)CCCCC3)N(C(=O)[C@@H](CC3CCCCC3)NC(=O)c3ccc(S(C)(C)C)cc3)C2)nn1.CS(C)(C)c1ccc(C(=O)N[C@H](CC2CCCCC2)C(=O)N2C[C@@H](N=[N+]=[N-])C[C@H]2C(=O)NC2(C(=O)C(N)=O)CCCCC2)cc1. The van der Waals surface area contributed by atoms with Crippen LogP contribution >= 0.6 is 20.1 Å². The van der Waals surface area contributed by atoms with Crippen molar-refractivity contribution in [2.24, 2.45) is 28.4 Å². The smallest absolute Gasteiger partial charge is 0.287 e. The van der Waals surface area contributed by atoms with E-state index < -0.39 is 126 Å². The Morgan fingerprint density at radius 1 is 0.618 bits per heavy atom. The molecule has 2 aliphatic heterocycles. The number of benzene rings is 2. The number of carbonyl (C=O) groups excluding carboxylic acids is 10. The second kappa shape index (κ2) is 35.1. The number of nitrogens with two attached hydrogens (primary N) is 2. The molecule has 0 unspecified atom stereocenters. The lowest BCUT2D eigenvalue weighted by molar-refractivity contribution is -0.145. The summed E-state index contributed by atoms with van der Waals surface area (Å²) in [6.45, 7) is 6.40. The molecule has 102 heavy (non-hydrogen) atoms. The summed E-state index contributed by atoms with van der Waals surface area (Å²) in [6.07, 6.45) is 36.2. The lowest BCUT2D eigenvalue weighted by Crippen LogP contribution is -2.62. The van der Waals surface area contributed by atoms with Gasteiger partial charge in [0.1, 0.15) is 52.1 Å². The number of aromatic nitrogens is 3. The number of terminal acetylenes is 1. The fourth-order valence-electron chi connectivity index (χ4n) is 14.8. The molecular weight excluding hydrogens is 1340 g/mol. The summed E-state index contributed by atoms with van der Waals surface area (Å²) in [6, 6.07) is 9.91. The molecule has 0 bridgehead atoms. The monoisotopic (exact) mass is 1450 g/mol. The zero-order valence-corrected chi connectivity index (χ0v) is 62.9. The van der Waals surface area contributed by atoms with Crippen LogP contribution in [0.1, 0.15) is 214 Å². The van der Waals surface area contributed by atoms with E-state index in [9.17, 15) is 53.1 Å². The number of hydrogen-bond donors (Lipinski definition) is 8. The van der Waals surface area contributed by atoms with Gasteiger partial charge in [-0.1, -0.05) is 119 Å². The number of azide groups is 1. The highest BCUT2D eigenvalue weighted by Gasteiger charge is 2.51. The normalized spacial score (nSPS) is 21.8. The predicted octanol–water partition coefficient (Wildman–Crippen LogP) is 7.70. The molecule has 4 aliphatic carbocycles. The van der Waals surface area contributed by atoms with Crippen molar-refractivity contribution in [1.82, 2.24) is 46.1 Å². The van der Waals surface area contributed by atoms with Gasteiger partial charge in [-0.05, 0) is 186 Å². The van der Waals surface area contributed by atoms with Crippen LogP contribution in [-0.2, 0) is 44.0 Å². The molecule has 28 heteroatoms. The summed E-state index contributed by atoms with van der Waals surface area (Å²) in [5, 5.41) is 43.0. The molecule has 8 amide bonds. The first kappa shape index (κ1) is 81.5. The predicted molar refractivity (Wildman–Crippen MR) is 394 cm³/mol. The van der Waals surface area contributed by atoms with Crippen LogP contribution in [-0.4, -0.2) is 191 Å². The molecule has 3 heterocycles. The van der Waals surface area contributed by atoms with Crippen LogP contribution in [0.25, 0.3) is 10.4 Å². The molecule has 3 aromatic rings. The molecule has 9 rings (SSSR count). The maximum Gasteiger partial charge on any atom is 0.287 e. The zero-order valence-electron chi connectivity index (χ0n) is 61.3. The third-order valence-corrected chi connectivity index (χ3v) is 24.1. The van der Waals surface area contributed by atoms with E-state index in [1.807, 2.05) is 24.3 Å². The first-order chi connectivity index (χ1) is 47.9. The van der Waals surface area contributed by atoms with Crippen LogP contribution in [0.3, 0.4) is 0 Å². The van der Waals surface area contributed by atoms with Crippen LogP contribution < -0.4 is 32.7 Å². The Balaban J connectivity index is 0.000000266. The Kier molecular flexibility index (Phi) is 28.0. The number of ketones is 2. The van der Waals surface area contributed by atoms with Gasteiger partial charge in [0.2, 0.25) is 35.2 Å². The Morgan fingerprint density at radius 2 is 0.990 bits per heavy atom. The molecule has 1 aromatic heterocycles. The average molecular weight is 1450 g/mol. The maximum atomic E-state index is 14.8. The number of carbonyl (C=O) groups is 10. The standard InChI is InChI=1S/C37H55N7O6S.C32H47N7O5S.C5H8O/c1-36(2,50)30-23-44(42-41-30)26-21-29(34(48)40-37(31(45)32(38)46)18-10-7-11-19-37)43(22-26)35(49)28(20-24-12-8-6-9-13-24)39-33(47)25-14-16-27(17-15-25)51(3,4)5;1-45(2,3)24-14-12-22(13-15-24)29(42)35-25(18-21-10-6-4-7-11-21)31(44)39-20-23(37-38-34)19-26(39)30(43)36-32(27(40)28(33)41)16-8-5-9-17-32;1-4-5(2,3)6/h14-17,23-24,26,28-29,50H,6-13,18-22H2,1-5H3,(H2,38,46)(H,39,47)(H,40,48);12-15,21,23,25-26H,4-11,16-20H2,1-3H3,(H2,33,41)(H,35,42)(H,36,43);1,6H,2-3H3/t26-,28+,29-;23-,25+,26-;/m00./s1. The zero-order chi connectivity index (χ0) is 75.1. The van der Waals surface area contributed by atoms with E-state index in [1.165, 1.54) is 9.80 Å². The van der Waals surface area contributed by atoms with Gasteiger partial charge in [-0.15, -0.1) is 11.5 Å². The van der Waals surface area contributed by atoms with E-state index in [2.05, 4.69) is 85.1 Å². The van der Waals surface area contributed by atoms with E-state index in [1.54, 1.807) is 62.8 Å². The quantitative estimate of drug-likeness (QED) is 0.0148. The topological polar surface area (TPSA) is 397 Å². The molecule has 10 N–H and O–H groups in total. The number of Topliss-reactive ketones (excluding diaryl/α,β-unsaturated/α-hetero) is 2. The third kappa shape index (κ3) is 21.9. The van der Waals surface area contributed by atoms with Crippen LogP contribution in [0.2, 0.25) is 0 Å². The van der Waals surface area contributed by atoms with Crippen molar-refractivity contribution in [3.63, 3.8) is 0 Å². The van der Waals surface area contributed by atoms with E-state index in [4.69, 9.17) is 28.5 Å². The molecule has 6 aliphatic rings. The van der Waals surface area contributed by atoms with Gasteiger partial charge in [-0.25, -0.2) is 24.7 Å². The van der Waals surface area contributed by atoms with Gasteiger partial charge >= 0.3 is 0 Å². The summed E-state index contributed by atoms with van der Waals surface area (Å²) in [4.78, 5) is 143. The largest absolute Gasteiger partial charge is 0.384 e. The first-order valence-corrected chi connectivity index (χ1v) is 41.6. The van der Waals surface area contributed by atoms with Crippen LogP contribution in [0.4, 0.5) is 0 Å². The fraction of sp³-hybridized carbons (Fsp3) is 0.649. The van der Waals surface area contributed by atoms with Crippen LogP contribution in [0.5, 0.6) is 0 Å². The lowest BCUT2D eigenvalue weighted by atomic mass is 9.78. The minimum absolute atomic E-state index is 0.00214. The van der Waals surface area contributed by atoms with E-state index in [-0.39, 0.29) is 75.3 Å². The summed E-state index contributed by atoms with van der Waals surface area (Å²) < 4.78 is 1.55. The Labute approximate surface area is 603 Å². The molecular formula is C74H110N14O12S2. The number of likely N-dealkylation sites (tertiary alicyclic amines) is 2. The van der Waals surface area contributed by atoms with E-state index in [0.29, 0.717) is 55.3 Å². The molecule has 560 valence electrons. The van der Waals surface area contributed by atoms with Gasteiger partial charge in [0.05, 0.1) is 18.3 Å². The van der Waals surface area contributed by atoms with Gasteiger partial charge in [-0.2, -0.15) is 0 Å². The molecule has 2 saturated heterocycles. The minimum atomic E-state index is -1.44. The van der Waals surface area contributed by atoms with Crippen LogP contribution in [0, 0.1) is 24.2 Å². The molecule has 26 nitrogen and oxygen atoms in total. The highest BCUT2D eigenvalue weighted by molar-refractivity contribution is 8.32. The van der Waals surface area contributed by atoms with Crippen molar-refractivity contribution in [1.29, 1.82) is 0 Å². The number of hydrogen-bond acceptors (Lipinski definition) is 15.